The van der Waals surface area contributed by atoms with Crippen molar-refractivity contribution in [3.8, 4) is 0 Å². The van der Waals surface area contributed by atoms with E-state index in [0.29, 0.717) is 24.7 Å². The van der Waals surface area contributed by atoms with Crippen LogP contribution in [0.1, 0.15) is 39.5 Å². The molecule has 0 radical (unpaired) electrons. The molecule has 13 heavy (non-hydrogen) atoms. The Labute approximate surface area is 84.3 Å². The molecule has 1 fully saturated rings. The summed E-state index contributed by atoms with van der Waals surface area (Å²) in [5, 5.41) is 8.89. The first-order chi connectivity index (χ1) is 5.96. The largest absolute Gasteiger partial charge is 0.480 e. The summed E-state index contributed by atoms with van der Waals surface area (Å²) in [6.07, 6.45) is 3.14. The summed E-state index contributed by atoms with van der Waals surface area (Å²) in [5.41, 5.74) is 0. The van der Waals surface area contributed by atoms with E-state index in [1.807, 2.05) is 0 Å². The zero-order valence-electron chi connectivity index (χ0n) is 8.22. The van der Waals surface area contributed by atoms with Crippen molar-refractivity contribution < 1.29 is 9.90 Å². The summed E-state index contributed by atoms with van der Waals surface area (Å²) in [5.74, 6) is 0.456. The van der Waals surface area contributed by atoms with Crippen molar-refractivity contribution in [1.82, 2.24) is 0 Å². The van der Waals surface area contributed by atoms with Crippen molar-refractivity contribution in [3.63, 3.8) is 0 Å². The van der Waals surface area contributed by atoms with Gasteiger partial charge in [-0.3, -0.25) is 4.79 Å². The van der Waals surface area contributed by atoms with Crippen LogP contribution in [0, 0.1) is 11.8 Å². The normalized spacial score (nSPS) is 34.9. The standard InChI is InChI=1S/C10H17ClO2/c1-7(2)8-3-5-10(11,6-4-8)9(12)13/h7-8H,3-6H2,1-2H3,(H,12,13). The highest BCUT2D eigenvalue weighted by atomic mass is 35.5. The molecule has 1 N–H and O–H groups in total. The van der Waals surface area contributed by atoms with Gasteiger partial charge in [-0.1, -0.05) is 13.8 Å². The lowest BCUT2D eigenvalue weighted by atomic mass is 9.76. The molecule has 2 nitrogen and oxygen atoms in total. The van der Waals surface area contributed by atoms with Crippen molar-refractivity contribution in [2.45, 2.75) is 44.4 Å². The molecule has 0 unspecified atom stereocenters. The molecule has 0 aromatic rings. The van der Waals surface area contributed by atoms with Crippen LogP contribution in [0.2, 0.25) is 0 Å². The zero-order valence-corrected chi connectivity index (χ0v) is 8.97. The first-order valence-corrected chi connectivity index (χ1v) is 5.26. The second-order valence-electron chi connectivity index (χ2n) is 4.35. The highest BCUT2D eigenvalue weighted by molar-refractivity contribution is 6.33. The Morgan fingerprint density at radius 3 is 2.23 bits per heavy atom. The lowest BCUT2D eigenvalue weighted by Gasteiger charge is -2.33. The highest BCUT2D eigenvalue weighted by Crippen LogP contribution is 2.39. The average Bonchev–Trinajstić information content (AvgIpc) is 2.04. The van der Waals surface area contributed by atoms with E-state index in [1.165, 1.54) is 0 Å². The first-order valence-electron chi connectivity index (χ1n) is 4.88. The number of aliphatic carboxylic acids is 1. The fraction of sp³-hybridized carbons (Fsp3) is 0.900. The summed E-state index contributed by atoms with van der Waals surface area (Å²) in [6, 6.07) is 0. The van der Waals surface area contributed by atoms with E-state index in [-0.39, 0.29) is 0 Å². The van der Waals surface area contributed by atoms with Crippen molar-refractivity contribution in [3.05, 3.63) is 0 Å². The Bertz CT molecular complexity index is 193. The average molecular weight is 205 g/mol. The third-order valence-corrected chi connectivity index (χ3v) is 3.69. The van der Waals surface area contributed by atoms with E-state index in [2.05, 4.69) is 13.8 Å². The maximum absolute atomic E-state index is 10.8. The predicted molar refractivity (Wildman–Crippen MR) is 53.0 cm³/mol. The molecule has 0 saturated heterocycles. The summed E-state index contributed by atoms with van der Waals surface area (Å²) in [4.78, 5) is 9.85. The van der Waals surface area contributed by atoms with Crippen LogP contribution in [0.4, 0.5) is 0 Å². The molecule has 1 saturated carbocycles. The van der Waals surface area contributed by atoms with Crippen LogP contribution in [0.3, 0.4) is 0 Å². The Morgan fingerprint density at radius 1 is 1.46 bits per heavy atom. The number of hydrogen-bond acceptors (Lipinski definition) is 1. The van der Waals surface area contributed by atoms with Crippen molar-refractivity contribution >= 4 is 17.6 Å². The molecule has 1 rings (SSSR count). The van der Waals surface area contributed by atoms with Crippen LogP contribution in [0.25, 0.3) is 0 Å². The number of hydrogen-bond donors (Lipinski definition) is 1. The quantitative estimate of drug-likeness (QED) is 0.703. The molecular weight excluding hydrogens is 188 g/mol. The minimum atomic E-state index is -0.967. The Kier molecular flexibility index (Phi) is 3.23. The van der Waals surface area contributed by atoms with E-state index >= 15 is 0 Å². The molecule has 0 atom stereocenters. The number of rotatable bonds is 2. The van der Waals surface area contributed by atoms with Crippen LogP contribution in [0.5, 0.6) is 0 Å². The topological polar surface area (TPSA) is 37.3 Å². The van der Waals surface area contributed by atoms with Crippen LogP contribution in [0.15, 0.2) is 0 Å². The van der Waals surface area contributed by atoms with Gasteiger partial charge in [0.2, 0.25) is 0 Å². The van der Waals surface area contributed by atoms with Gasteiger partial charge in [0, 0.05) is 0 Å². The van der Waals surface area contributed by atoms with Gasteiger partial charge in [0.15, 0.2) is 0 Å². The summed E-state index contributed by atoms with van der Waals surface area (Å²) in [7, 11) is 0. The molecule has 0 bridgehead atoms. The third-order valence-electron chi connectivity index (χ3n) is 3.15. The Hall–Kier alpha value is -0.240. The van der Waals surface area contributed by atoms with E-state index in [9.17, 15) is 4.79 Å². The fourth-order valence-electron chi connectivity index (χ4n) is 1.98. The molecule has 0 aromatic heterocycles. The van der Waals surface area contributed by atoms with Gasteiger partial charge >= 0.3 is 5.97 Å². The SMILES string of the molecule is CC(C)C1CCC(Cl)(C(=O)O)CC1. The maximum atomic E-state index is 10.8. The third kappa shape index (κ3) is 2.37. The van der Waals surface area contributed by atoms with E-state index in [4.69, 9.17) is 16.7 Å². The van der Waals surface area contributed by atoms with Crippen LogP contribution >= 0.6 is 11.6 Å². The summed E-state index contributed by atoms with van der Waals surface area (Å²) in [6.45, 7) is 4.37. The monoisotopic (exact) mass is 204 g/mol. The van der Waals surface area contributed by atoms with Crippen molar-refractivity contribution in [2.24, 2.45) is 11.8 Å². The smallest absolute Gasteiger partial charge is 0.324 e. The van der Waals surface area contributed by atoms with E-state index in [1.54, 1.807) is 0 Å². The Balaban J connectivity index is 2.51. The van der Waals surface area contributed by atoms with Gasteiger partial charge in [-0.2, -0.15) is 0 Å². The van der Waals surface area contributed by atoms with E-state index in [0.717, 1.165) is 12.8 Å². The molecule has 0 aromatic carbocycles. The van der Waals surface area contributed by atoms with Crippen LogP contribution in [-0.2, 0) is 4.79 Å². The molecule has 0 aliphatic heterocycles. The van der Waals surface area contributed by atoms with Gasteiger partial charge in [0.25, 0.3) is 0 Å². The molecule has 0 heterocycles. The minimum absolute atomic E-state index is 0.618. The van der Waals surface area contributed by atoms with Crippen molar-refractivity contribution in [1.29, 1.82) is 0 Å². The lowest BCUT2D eigenvalue weighted by molar-refractivity contribution is -0.141. The molecular formula is C10H17ClO2. The highest BCUT2D eigenvalue weighted by Gasteiger charge is 2.40. The van der Waals surface area contributed by atoms with Gasteiger partial charge in [0.1, 0.15) is 4.87 Å². The second kappa shape index (κ2) is 3.87. The summed E-state index contributed by atoms with van der Waals surface area (Å²) < 4.78 is 0. The van der Waals surface area contributed by atoms with E-state index < -0.39 is 10.8 Å². The van der Waals surface area contributed by atoms with Crippen molar-refractivity contribution in [2.75, 3.05) is 0 Å². The predicted octanol–water partition coefficient (Wildman–Crippen LogP) is 2.89. The first kappa shape index (κ1) is 10.8. The van der Waals surface area contributed by atoms with Gasteiger partial charge < -0.3 is 5.11 Å². The second-order valence-corrected chi connectivity index (χ2v) is 5.08. The number of alkyl halides is 1. The fourth-order valence-corrected chi connectivity index (χ4v) is 2.20. The van der Waals surface area contributed by atoms with Crippen LogP contribution in [-0.4, -0.2) is 16.0 Å². The number of carbonyl (C=O) groups is 1. The zero-order chi connectivity index (χ0) is 10.1. The molecule has 3 heteroatoms. The molecule has 0 amide bonds. The molecule has 0 spiro atoms. The number of carboxylic acid groups (broad SMARTS) is 1. The van der Waals surface area contributed by atoms with Gasteiger partial charge in [-0.15, -0.1) is 11.6 Å². The summed E-state index contributed by atoms with van der Waals surface area (Å²) >= 11 is 5.98. The van der Waals surface area contributed by atoms with Crippen LogP contribution < -0.4 is 0 Å². The lowest BCUT2D eigenvalue weighted by Crippen LogP contribution is -2.37. The molecule has 76 valence electrons. The minimum Gasteiger partial charge on any atom is -0.480 e. The number of carboxylic acids is 1. The van der Waals surface area contributed by atoms with Gasteiger partial charge in [-0.25, -0.2) is 0 Å². The van der Waals surface area contributed by atoms with Gasteiger partial charge in [0.05, 0.1) is 0 Å². The Morgan fingerprint density at radius 2 is 1.92 bits per heavy atom. The number of halogens is 1. The molecule has 1 aliphatic rings. The molecule has 1 aliphatic carbocycles. The maximum Gasteiger partial charge on any atom is 0.324 e. The van der Waals surface area contributed by atoms with Gasteiger partial charge in [-0.05, 0) is 37.5 Å².